The van der Waals surface area contributed by atoms with Gasteiger partial charge in [-0.15, -0.1) is 0 Å². The molecule has 2 fully saturated rings. The third kappa shape index (κ3) is 1.14. The van der Waals surface area contributed by atoms with Crippen LogP contribution in [0.2, 0.25) is 0 Å². The highest BCUT2D eigenvalue weighted by Gasteiger charge is 2.68. The molecule has 0 heterocycles. The molecule has 1 heteroatoms. The van der Waals surface area contributed by atoms with E-state index in [1.54, 1.807) is 0 Å². The Morgan fingerprint density at radius 2 is 1.88 bits per heavy atom. The molecule has 0 aromatic heterocycles. The lowest BCUT2D eigenvalue weighted by atomic mass is 9.62. The quantitative estimate of drug-likeness (QED) is 0.782. The first-order chi connectivity index (χ1) is 8.36. The van der Waals surface area contributed by atoms with Crippen LogP contribution in [0.3, 0.4) is 0 Å². The second kappa shape index (κ2) is 3.14. The summed E-state index contributed by atoms with van der Waals surface area (Å²) in [7, 11) is 0. The first-order valence-corrected chi connectivity index (χ1v) is 6.56. The Hall–Kier alpha value is -0.820. The van der Waals surface area contributed by atoms with Crippen LogP contribution in [0.25, 0.3) is 0 Å². The summed E-state index contributed by atoms with van der Waals surface area (Å²) in [6.07, 6.45) is 1.69. The van der Waals surface area contributed by atoms with Crippen molar-refractivity contribution in [2.75, 3.05) is 0 Å². The van der Waals surface area contributed by atoms with E-state index in [2.05, 4.69) is 20.8 Å². The second-order valence-electron chi connectivity index (χ2n) is 6.50. The summed E-state index contributed by atoms with van der Waals surface area (Å²) < 4.78 is 8.54. The van der Waals surface area contributed by atoms with Crippen molar-refractivity contribution in [2.24, 2.45) is 16.7 Å². The fourth-order valence-electron chi connectivity index (χ4n) is 4.09. The molecule has 2 aliphatic rings. The maximum Gasteiger partial charge on any atom is 0.0957 e. The number of aliphatic hydroxyl groups is 1. The molecule has 1 nitrogen and oxygen atoms in total. The summed E-state index contributed by atoms with van der Waals surface area (Å²) >= 11 is 0. The molecule has 0 aliphatic heterocycles. The van der Waals surface area contributed by atoms with Crippen molar-refractivity contribution in [1.82, 2.24) is 0 Å². The Bertz CT molecular complexity index is 469. The highest BCUT2D eigenvalue weighted by atomic mass is 16.3. The van der Waals surface area contributed by atoms with Crippen molar-refractivity contribution in [1.29, 1.82) is 0 Å². The minimum absolute atomic E-state index is 0.0318. The maximum absolute atomic E-state index is 11.3. The molecule has 1 aromatic carbocycles. The first-order valence-electron chi connectivity index (χ1n) is 7.13. The predicted octanol–water partition coefficient (Wildman–Crippen LogP) is 3.72. The third-order valence-electron chi connectivity index (χ3n) is 5.80. The minimum atomic E-state index is -0.999. The van der Waals surface area contributed by atoms with Crippen LogP contribution in [0.15, 0.2) is 30.3 Å². The number of fused-ring (bicyclic) bond motifs is 2. The standard InChI is InChI=1S/C16H22O/c1-14(2)13-9-10-15(14,3)16(17,11-13)12-7-5-4-6-8-12/h4-8,13,17H,9-11H2,1-3H3/t13-,15-,16+/m1/s1/i11T/t11-,13+,15+,16-/m0. The van der Waals surface area contributed by atoms with Crippen LogP contribution in [0, 0.1) is 16.7 Å². The lowest BCUT2D eigenvalue weighted by Crippen LogP contribution is -2.44. The van der Waals surface area contributed by atoms with Crippen molar-refractivity contribution in [3.05, 3.63) is 35.9 Å². The Morgan fingerprint density at radius 3 is 2.41 bits per heavy atom. The van der Waals surface area contributed by atoms with Gasteiger partial charge in [0.2, 0.25) is 0 Å². The monoisotopic (exact) mass is 232 g/mol. The van der Waals surface area contributed by atoms with Crippen LogP contribution in [0.4, 0.5) is 0 Å². The van der Waals surface area contributed by atoms with E-state index in [0.717, 1.165) is 18.4 Å². The topological polar surface area (TPSA) is 20.2 Å². The van der Waals surface area contributed by atoms with Gasteiger partial charge >= 0.3 is 0 Å². The van der Waals surface area contributed by atoms with Crippen molar-refractivity contribution < 1.29 is 6.48 Å². The fraction of sp³-hybridized carbons (Fsp3) is 0.625. The lowest BCUT2D eigenvalue weighted by Gasteiger charge is -2.45. The zero-order valence-electron chi connectivity index (χ0n) is 11.9. The Kier molecular flexibility index (Phi) is 1.87. The molecule has 0 amide bonds. The maximum atomic E-state index is 11.3. The van der Waals surface area contributed by atoms with E-state index < -0.39 is 12.0 Å². The number of benzene rings is 1. The van der Waals surface area contributed by atoms with E-state index in [0.29, 0.717) is 5.92 Å². The van der Waals surface area contributed by atoms with Gasteiger partial charge in [-0.2, -0.15) is 0 Å². The Morgan fingerprint density at radius 1 is 1.24 bits per heavy atom. The summed E-state index contributed by atoms with van der Waals surface area (Å²) in [5, 5.41) is 11.3. The molecule has 0 radical (unpaired) electrons. The van der Waals surface area contributed by atoms with Gasteiger partial charge in [0.15, 0.2) is 0 Å². The molecule has 2 bridgehead atoms. The predicted molar refractivity (Wildman–Crippen MR) is 69.6 cm³/mol. The van der Waals surface area contributed by atoms with Gasteiger partial charge < -0.3 is 5.11 Å². The number of hydrogen-bond acceptors (Lipinski definition) is 1. The summed E-state index contributed by atoms with van der Waals surface area (Å²) in [4.78, 5) is 0. The molecule has 2 saturated carbocycles. The molecular formula is C16H22O. The summed E-state index contributed by atoms with van der Waals surface area (Å²) in [5.74, 6) is 0.299. The Balaban J connectivity index is 2.19. The molecule has 2 aliphatic carbocycles. The number of rotatable bonds is 1. The summed E-state index contributed by atoms with van der Waals surface area (Å²) in [5.41, 5.74) is -0.244. The molecule has 0 unspecified atom stereocenters. The van der Waals surface area contributed by atoms with Crippen LogP contribution in [0.1, 0.15) is 46.9 Å². The zero-order chi connectivity index (χ0) is 13.2. The second-order valence-corrected chi connectivity index (χ2v) is 6.50. The normalized spacial score (nSPS) is 48.1. The van der Waals surface area contributed by atoms with E-state index in [4.69, 9.17) is 1.37 Å². The molecule has 92 valence electrons. The molecule has 1 aromatic rings. The smallest absolute Gasteiger partial charge is 0.0957 e. The minimum Gasteiger partial charge on any atom is -0.385 e. The van der Waals surface area contributed by atoms with Crippen LogP contribution < -0.4 is 0 Å². The van der Waals surface area contributed by atoms with Crippen molar-refractivity contribution in [3.8, 4) is 0 Å². The van der Waals surface area contributed by atoms with E-state index in [1.807, 2.05) is 30.3 Å². The Labute approximate surface area is 105 Å². The van der Waals surface area contributed by atoms with E-state index in [1.165, 1.54) is 0 Å². The van der Waals surface area contributed by atoms with Gasteiger partial charge in [-0.05, 0) is 36.1 Å². The molecule has 1 N–H and O–H groups in total. The van der Waals surface area contributed by atoms with Gasteiger partial charge in [0.05, 0.1) is 5.60 Å². The molecule has 0 saturated heterocycles. The van der Waals surface area contributed by atoms with E-state index in [9.17, 15) is 5.11 Å². The largest absolute Gasteiger partial charge is 0.385 e. The van der Waals surface area contributed by atoms with Crippen LogP contribution in [-0.2, 0) is 5.60 Å². The highest BCUT2D eigenvalue weighted by molar-refractivity contribution is 5.31. The van der Waals surface area contributed by atoms with Gasteiger partial charge in [-0.1, -0.05) is 51.1 Å². The van der Waals surface area contributed by atoms with Gasteiger partial charge in [0.25, 0.3) is 0 Å². The van der Waals surface area contributed by atoms with Gasteiger partial charge in [-0.25, -0.2) is 0 Å². The molecular weight excluding hydrogens is 208 g/mol. The first kappa shape index (κ1) is 10.1. The SMILES string of the molecule is [3H][C@H]1[C@H]2CC[C@](C)(C2(C)C)[C@@]1(O)c1ccccc1. The average Bonchev–Trinajstić information content (AvgIpc) is 2.65. The van der Waals surface area contributed by atoms with Crippen LogP contribution in [-0.4, -0.2) is 5.11 Å². The molecule has 3 rings (SSSR count). The molecule has 0 spiro atoms. The van der Waals surface area contributed by atoms with Crippen LogP contribution >= 0.6 is 0 Å². The molecule has 17 heavy (non-hydrogen) atoms. The summed E-state index contributed by atoms with van der Waals surface area (Å²) in [6.45, 7) is 6.63. The average molecular weight is 232 g/mol. The van der Waals surface area contributed by atoms with E-state index >= 15 is 0 Å². The van der Waals surface area contributed by atoms with Crippen LogP contribution in [0.5, 0.6) is 0 Å². The van der Waals surface area contributed by atoms with Crippen molar-refractivity contribution in [3.63, 3.8) is 0 Å². The van der Waals surface area contributed by atoms with Crippen molar-refractivity contribution >= 4 is 0 Å². The van der Waals surface area contributed by atoms with Gasteiger partial charge in [0.1, 0.15) is 0 Å². The zero-order valence-corrected chi connectivity index (χ0v) is 10.9. The van der Waals surface area contributed by atoms with Crippen molar-refractivity contribution in [2.45, 2.75) is 45.6 Å². The number of hydrogen-bond donors (Lipinski definition) is 1. The summed E-state index contributed by atoms with van der Waals surface area (Å²) in [6, 6.07) is 9.84. The van der Waals surface area contributed by atoms with Gasteiger partial charge in [0, 0.05) is 6.79 Å². The lowest BCUT2D eigenvalue weighted by molar-refractivity contribution is -0.0957. The fourth-order valence-corrected chi connectivity index (χ4v) is 4.09. The van der Waals surface area contributed by atoms with Gasteiger partial charge in [-0.3, -0.25) is 0 Å². The van der Waals surface area contributed by atoms with E-state index in [-0.39, 0.29) is 10.8 Å². The molecule has 4 atom stereocenters. The third-order valence-corrected chi connectivity index (χ3v) is 5.80. The highest BCUT2D eigenvalue weighted by Crippen LogP contribution is 2.72.